The fraction of sp³-hybridized carbons (Fsp3) is 0.0588. The molecule has 0 aliphatic carbocycles. The molecule has 0 aliphatic rings. The topological polar surface area (TPSA) is 96.4 Å². The lowest BCUT2D eigenvalue weighted by atomic mass is 10.1. The molecule has 0 saturated carbocycles. The molecule has 8 heteroatoms. The number of hydrogen-bond donors (Lipinski definition) is 2. The van der Waals surface area contributed by atoms with Crippen LogP contribution in [0.25, 0.3) is 11.3 Å². The Morgan fingerprint density at radius 1 is 1.12 bits per heavy atom. The van der Waals surface area contributed by atoms with Crippen molar-refractivity contribution in [1.82, 2.24) is 15.0 Å². The maximum absolute atomic E-state index is 12.2. The lowest BCUT2D eigenvalue weighted by Gasteiger charge is -2.04. The molecule has 0 atom stereocenters. The van der Waals surface area contributed by atoms with Gasteiger partial charge >= 0.3 is 0 Å². The molecule has 1 aromatic heterocycles. The van der Waals surface area contributed by atoms with E-state index in [1.54, 1.807) is 18.3 Å². The van der Waals surface area contributed by atoms with Gasteiger partial charge in [0.15, 0.2) is 0 Å². The van der Waals surface area contributed by atoms with Gasteiger partial charge in [-0.05, 0) is 24.3 Å². The Bertz CT molecular complexity index is 965. The van der Waals surface area contributed by atoms with Gasteiger partial charge in [0.1, 0.15) is 5.75 Å². The zero-order valence-electron chi connectivity index (χ0n) is 13.4. The van der Waals surface area contributed by atoms with Crippen molar-refractivity contribution in [3.63, 3.8) is 0 Å². The highest BCUT2D eigenvalue weighted by Crippen LogP contribution is 2.19. The van der Waals surface area contributed by atoms with Crippen LogP contribution >= 0.6 is 0 Å². The van der Waals surface area contributed by atoms with E-state index in [4.69, 9.17) is 4.74 Å². The summed E-state index contributed by atoms with van der Waals surface area (Å²) >= 11 is 0. The molecular weight excluding hydrogens is 340 g/mol. The van der Waals surface area contributed by atoms with E-state index in [9.17, 15) is 8.42 Å². The van der Waals surface area contributed by atoms with E-state index in [0.29, 0.717) is 11.3 Å². The fourth-order valence-corrected chi connectivity index (χ4v) is 2.99. The second kappa shape index (κ2) is 7.18. The molecule has 0 fully saturated rings. The summed E-state index contributed by atoms with van der Waals surface area (Å²) in [4.78, 5) is 2.29. The second-order valence-electron chi connectivity index (χ2n) is 5.09. The van der Waals surface area contributed by atoms with Crippen molar-refractivity contribution >= 4 is 16.2 Å². The molecule has 0 bridgehead atoms. The average Bonchev–Trinajstić information content (AvgIpc) is 3.11. The van der Waals surface area contributed by atoms with Crippen LogP contribution in [-0.4, -0.2) is 31.9 Å². The number of benzene rings is 2. The molecule has 1 heterocycles. The van der Waals surface area contributed by atoms with E-state index in [1.807, 2.05) is 30.3 Å². The maximum atomic E-state index is 12.2. The molecule has 0 unspecified atom stereocenters. The smallest absolute Gasteiger partial charge is 0.276 e. The lowest BCUT2D eigenvalue weighted by Crippen LogP contribution is -2.18. The van der Waals surface area contributed by atoms with Gasteiger partial charge in [0.05, 0.1) is 30.1 Å². The molecule has 0 radical (unpaired) electrons. The molecule has 0 aliphatic heterocycles. The van der Waals surface area contributed by atoms with Crippen molar-refractivity contribution in [3.8, 4) is 17.0 Å². The molecule has 7 nitrogen and oxygen atoms in total. The SMILES string of the molecule is COc1ccc(S(=O)(=O)N/N=C/c2cn[nH]c2-c2ccccc2)cc1. The standard InChI is InChI=1S/C17H16N4O3S/c1-24-15-7-9-16(10-8-15)25(22,23)21-19-12-14-11-18-20-17(14)13-5-3-2-4-6-13/h2-12,21H,1H3,(H,18,20)/b19-12+. The van der Waals surface area contributed by atoms with Gasteiger partial charge in [-0.2, -0.15) is 18.6 Å². The van der Waals surface area contributed by atoms with Crippen LogP contribution in [-0.2, 0) is 10.0 Å². The lowest BCUT2D eigenvalue weighted by molar-refractivity contribution is 0.414. The van der Waals surface area contributed by atoms with Crippen molar-refractivity contribution in [1.29, 1.82) is 0 Å². The molecule has 0 spiro atoms. The van der Waals surface area contributed by atoms with Crippen LogP contribution in [0.4, 0.5) is 0 Å². The minimum Gasteiger partial charge on any atom is -0.497 e. The van der Waals surface area contributed by atoms with Crippen LogP contribution in [0.3, 0.4) is 0 Å². The number of ether oxygens (including phenoxy) is 1. The first-order chi connectivity index (χ1) is 12.1. The van der Waals surface area contributed by atoms with E-state index >= 15 is 0 Å². The predicted octanol–water partition coefficient (Wildman–Crippen LogP) is 2.40. The normalized spacial score (nSPS) is 11.6. The number of hydrogen-bond acceptors (Lipinski definition) is 5. The molecule has 3 rings (SSSR count). The summed E-state index contributed by atoms with van der Waals surface area (Å²) < 4.78 is 29.5. The Balaban J connectivity index is 1.76. The number of methoxy groups -OCH3 is 1. The third-order valence-electron chi connectivity index (χ3n) is 3.48. The van der Waals surface area contributed by atoms with Gasteiger partial charge in [0.25, 0.3) is 10.0 Å². The minimum atomic E-state index is -3.75. The number of H-pyrrole nitrogens is 1. The van der Waals surface area contributed by atoms with Gasteiger partial charge in [0.2, 0.25) is 0 Å². The number of nitrogens with zero attached hydrogens (tertiary/aromatic N) is 2. The van der Waals surface area contributed by atoms with Crippen molar-refractivity contribution < 1.29 is 13.2 Å². The molecule has 2 N–H and O–H groups in total. The number of rotatable bonds is 6. The molecule has 0 amide bonds. The number of hydrazone groups is 1. The molecule has 2 aromatic carbocycles. The average molecular weight is 356 g/mol. The summed E-state index contributed by atoms with van der Waals surface area (Å²) in [7, 11) is -2.23. The van der Waals surface area contributed by atoms with Crippen LogP contribution in [0.5, 0.6) is 5.75 Å². The third kappa shape index (κ3) is 3.86. The van der Waals surface area contributed by atoms with E-state index in [-0.39, 0.29) is 4.90 Å². The van der Waals surface area contributed by atoms with Crippen molar-refractivity contribution in [2.24, 2.45) is 5.10 Å². The number of aromatic nitrogens is 2. The fourth-order valence-electron chi connectivity index (χ4n) is 2.20. The van der Waals surface area contributed by atoms with Gasteiger partial charge < -0.3 is 4.74 Å². The minimum absolute atomic E-state index is 0.0981. The maximum Gasteiger partial charge on any atom is 0.276 e. The molecular formula is C17H16N4O3S. The highest BCUT2D eigenvalue weighted by molar-refractivity contribution is 7.89. The van der Waals surface area contributed by atoms with Crippen molar-refractivity contribution in [2.45, 2.75) is 4.90 Å². The highest BCUT2D eigenvalue weighted by Gasteiger charge is 2.13. The zero-order valence-corrected chi connectivity index (χ0v) is 14.2. The number of nitrogens with one attached hydrogen (secondary N) is 2. The van der Waals surface area contributed by atoms with Crippen molar-refractivity contribution in [3.05, 3.63) is 66.4 Å². The highest BCUT2D eigenvalue weighted by atomic mass is 32.2. The predicted molar refractivity (Wildman–Crippen MR) is 94.9 cm³/mol. The van der Waals surface area contributed by atoms with Crippen LogP contribution in [0.15, 0.2) is 70.8 Å². The largest absolute Gasteiger partial charge is 0.497 e. The summed E-state index contributed by atoms with van der Waals surface area (Å²) in [5, 5.41) is 10.7. The second-order valence-corrected chi connectivity index (χ2v) is 6.76. The van der Waals surface area contributed by atoms with Crippen LogP contribution in [0, 0.1) is 0 Å². The van der Waals surface area contributed by atoms with Crippen molar-refractivity contribution in [2.75, 3.05) is 7.11 Å². The first-order valence-corrected chi connectivity index (χ1v) is 8.86. The Labute approximate surface area is 145 Å². The summed E-state index contributed by atoms with van der Waals surface area (Å²) in [6, 6.07) is 15.6. The summed E-state index contributed by atoms with van der Waals surface area (Å²) in [5.74, 6) is 0.577. The Hall–Kier alpha value is -3.13. The van der Waals surface area contributed by atoms with Gasteiger partial charge in [-0.1, -0.05) is 30.3 Å². The molecule has 3 aromatic rings. The van der Waals surface area contributed by atoms with Crippen LogP contribution in [0.2, 0.25) is 0 Å². The number of sulfonamides is 1. The molecule has 25 heavy (non-hydrogen) atoms. The van der Waals surface area contributed by atoms with E-state index in [2.05, 4.69) is 20.1 Å². The molecule has 128 valence electrons. The first kappa shape index (κ1) is 16.7. The zero-order chi connectivity index (χ0) is 17.7. The Kier molecular flexibility index (Phi) is 4.80. The van der Waals surface area contributed by atoms with Gasteiger partial charge in [-0.25, -0.2) is 4.83 Å². The van der Waals surface area contributed by atoms with Crippen LogP contribution in [0.1, 0.15) is 5.56 Å². The van der Waals surface area contributed by atoms with E-state index in [1.165, 1.54) is 25.5 Å². The molecule has 0 saturated heterocycles. The summed E-state index contributed by atoms with van der Waals surface area (Å²) in [6.45, 7) is 0. The van der Waals surface area contributed by atoms with Crippen LogP contribution < -0.4 is 9.57 Å². The van der Waals surface area contributed by atoms with E-state index in [0.717, 1.165) is 11.3 Å². The van der Waals surface area contributed by atoms with Gasteiger partial charge in [0, 0.05) is 11.1 Å². The van der Waals surface area contributed by atoms with Gasteiger partial charge in [-0.3, -0.25) is 5.10 Å². The van der Waals surface area contributed by atoms with Gasteiger partial charge in [-0.15, -0.1) is 0 Å². The third-order valence-corrected chi connectivity index (χ3v) is 4.72. The Morgan fingerprint density at radius 3 is 2.52 bits per heavy atom. The first-order valence-electron chi connectivity index (χ1n) is 7.38. The summed E-state index contributed by atoms with van der Waals surface area (Å²) in [6.07, 6.45) is 2.99. The quantitative estimate of drug-likeness (QED) is 0.523. The monoisotopic (exact) mass is 356 g/mol. The summed E-state index contributed by atoms with van der Waals surface area (Å²) in [5.41, 5.74) is 2.36. The van der Waals surface area contributed by atoms with E-state index < -0.39 is 10.0 Å². The number of aromatic amines is 1. The Morgan fingerprint density at radius 2 is 1.84 bits per heavy atom.